The van der Waals surface area contributed by atoms with Gasteiger partial charge in [-0.05, 0) is 13.8 Å². The Kier molecular flexibility index (Phi) is 4.93. The summed E-state index contributed by atoms with van der Waals surface area (Å²) in [4.78, 5) is 11.2. The molecule has 0 amide bonds. The first-order valence-corrected chi connectivity index (χ1v) is 6.72. The molecule has 1 aromatic rings. The number of nitrogens with zero attached hydrogens (tertiary/aromatic N) is 3. The van der Waals surface area contributed by atoms with Gasteiger partial charge in [0.25, 0.3) is 0 Å². The van der Waals surface area contributed by atoms with Gasteiger partial charge in [-0.25, -0.2) is 9.97 Å². The first-order valence-electron chi connectivity index (χ1n) is 6.72. The molecule has 1 aliphatic rings. The normalized spacial score (nSPS) is 19.5. The van der Waals surface area contributed by atoms with Gasteiger partial charge in [-0.3, -0.25) is 0 Å². The number of nitrogens with one attached hydrogen (secondary N) is 1. The molecule has 0 aromatic carbocycles. The predicted molar refractivity (Wildman–Crippen MR) is 74.5 cm³/mol. The van der Waals surface area contributed by atoms with Gasteiger partial charge in [-0.1, -0.05) is 0 Å². The Labute approximate surface area is 114 Å². The van der Waals surface area contributed by atoms with Crippen LogP contribution < -0.4 is 10.2 Å². The van der Waals surface area contributed by atoms with Gasteiger partial charge < -0.3 is 19.7 Å². The van der Waals surface area contributed by atoms with Crippen molar-refractivity contribution in [3.05, 3.63) is 11.9 Å². The van der Waals surface area contributed by atoms with Crippen molar-refractivity contribution in [3.63, 3.8) is 0 Å². The van der Waals surface area contributed by atoms with Crippen LogP contribution in [0.4, 0.5) is 11.6 Å². The SMILES string of the molecule is CCOCc1nc(NC)cc(N2CCOCC2C)n1. The number of anilines is 2. The smallest absolute Gasteiger partial charge is 0.158 e. The van der Waals surface area contributed by atoms with E-state index >= 15 is 0 Å². The molecule has 6 heteroatoms. The lowest BCUT2D eigenvalue weighted by Gasteiger charge is -2.34. The van der Waals surface area contributed by atoms with Gasteiger partial charge in [-0.15, -0.1) is 0 Å². The Hall–Kier alpha value is -1.40. The van der Waals surface area contributed by atoms with Crippen molar-refractivity contribution in [3.8, 4) is 0 Å². The number of ether oxygens (including phenoxy) is 2. The molecule has 6 nitrogen and oxygen atoms in total. The van der Waals surface area contributed by atoms with Crippen LogP contribution in [-0.2, 0) is 16.1 Å². The maximum atomic E-state index is 5.46. The standard InChI is InChI=1S/C13H22N4O2/c1-4-18-9-12-15-11(14-3)7-13(16-12)17-5-6-19-8-10(17)2/h7,10H,4-6,8-9H2,1-3H3,(H,14,15,16). The second kappa shape index (κ2) is 6.68. The monoisotopic (exact) mass is 266 g/mol. The van der Waals surface area contributed by atoms with Crippen LogP contribution in [0.25, 0.3) is 0 Å². The Bertz CT molecular complexity index is 414. The van der Waals surface area contributed by atoms with Crippen molar-refractivity contribution in [2.24, 2.45) is 0 Å². The highest BCUT2D eigenvalue weighted by atomic mass is 16.5. The average Bonchev–Trinajstić information content (AvgIpc) is 2.45. The van der Waals surface area contributed by atoms with Crippen molar-refractivity contribution in [2.45, 2.75) is 26.5 Å². The van der Waals surface area contributed by atoms with E-state index in [1.54, 1.807) is 0 Å². The topological polar surface area (TPSA) is 59.5 Å². The van der Waals surface area contributed by atoms with Crippen molar-refractivity contribution in [1.82, 2.24) is 9.97 Å². The fourth-order valence-electron chi connectivity index (χ4n) is 2.08. The van der Waals surface area contributed by atoms with Crippen LogP contribution in [0.2, 0.25) is 0 Å². The highest BCUT2D eigenvalue weighted by Gasteiger charge is 2.21. The van der Waals surface area contributed by atoms with Gasteiger partial charge in [0.05, 0.1) is 19.3 Å². The fourth-order valence-corrected chi connectivity index (χ4v) is 2.08. The minimum atomic E-state index is 0.327. The highest BCUT2D eigenvalue weighted by Crippen LogP contribution is 2.20. The van der Waals surface area contributed by atoms with Crippen LogP contribution in [0.3, 0.4) is 0 Å². The summed E-state index contributed by atoms with van der Waals surface area (Å²) in [6, 6.07) is 2.30. The van der Waals surface area contributed by atoms with Gasteiger partial charge in [0.15, 0.2) is 5.82 Å². The van der Waals surface area contributed by atoms with Crippen LogP contribution >= 0.6 is 0 Å². The van der Waals surface area contributed by atoms with E-state index in [-0.39, 0.29) is 0 Å². The molecule has 2 rings (SSSR count). The first kappa shape index (κ1) is 14.0. The molecule has 1 atom stereocenters. The zero-order chi connectivity index (χ0) is 13.7. The van der Waals surface area contributed by atoms with Crippen LogP contribution in [0.5, 0.6) is 0 Å². The quantitative estimate of drug-likeness (QED) is 0.866. The Morgan fingerprint density at radius 2 is 2.37 bits per heavy atom. The molecule has 1 N–H and O–H groups in total. The van der Waals surface area contributed by atoms with E-state index in [1.165, 1.54) is 0 Å². The molecule has 106 valence electrons. The Morgan fingerprint density at radius 1 is 1.53 bits per heavy atom. The summed E-state index contributed by atoms with van der Waals surface area (Å²) < 4.78 is 10.9. The van der Waals surface area contributed by atoms with E-state index in [2.05, 4.69) is 27.1 Å². The molecule has 1 fully saturated rings. The number of hydrogen-bond acceptors (Lipinski definition) is 6. The van der Waals surface area contributed by atoms with Crippen molar-refractivity contribution < 1.29 is 9.47 Å². The second-order valence-electron chi connectivity index (χ2n) is 4.53. The lowest BCUT2D eigenvalue weighted by Crippen LogP contribution is -2.44. The molecule has 0 spiro atoms. The van der Waals surface area contributed by atoms with Crippen LogP contribution in [0, 0.1) is 0 Å². The predicted octanol–water partition coefficient (Wildman–Crippen LogP) is 1.28. The summed E-state index contributed by atoms with van der Waals surface area (Å²) in [7, 11) is 1.86. The highest BCUT2D eigenvalue weighted by molar-refractivity contribution is 5.50. The molecular weight excluding hydrogens is 244 g/mol. The van der Waals surface area contributed by atoms with Crippen LogP contribution in [-0.4, -0.2) is 49.4 Å². The lowest BCUT2D eigenvalue weighted by molar-refractivity contribution is 0.0982. The molecule has 1 unspecified atom stereocenters. The molecule has 19 heavy (non-hydrogen) atoms. The summed E-state index contributed by atoms with van der Waals surface area (Å²) in [6.07, 6.45) is 0. The van der Waals surface area contributed by atoms with Crippen LogP contribution in [0.15, 0.2) is 6.07 Å². The van der Waals surface area contributed by atoms with Crippen molar-refractivity contribution in [1.29, 1.82) is 0 Å². The minimum Gasteiger partial charge on any atom is -0.377 e. The maximum Gasteiger partial charge on any atom is 0.158 e. The van der Waals surface area contributed by atoms with E-state index in [0.717, 1.165) is 31.4 Å². The molecule has 1 aliphatic heterocycles. The van der Waals surface area contributed by atoms with Crippen LogP contribution in [0.1, 0.15) is 19.7 Å². The number of morpholine rings is 1. The van der Waals surface area contributed by atoms with Crippen molar-refractivity contribution in [2.75, 3.05) is 43.6 Å². The fraction of sp³-hybridized carbons (Fsp3) is 0.692. The second-order valence-corrected chi connectivity index (χ2v) is 4.53. The van der Waals surface area contributed by atoms with Gasteiger partial charge in [0.2, 0.25) is 0 Å². The average molecular weight is 266 g/mol. The number of aromatic nitrogens is 2. The molecule has 0 bridgehead atoms. The van der Waals surface area contributed by atoms with Gasteiger partial charge in [0.1, 0.15) is 18.2 Å². The summed E-state index contributed by atoms with van der Waals surface area (Å²) in [5.74, 6) is 2.46. The Balaban J connectivity index is 2.22. The van der Waals surface area contributed by atoms with E-state index < -0.39 is 0 Å². The Morgan fingerprint density at radius 3 is 3.05 bits per heavy atom. The third kappa shape index (κ3) is 3.54. The van der Waals surface area contributed by atoms with E-state index in [1.807, 2.05) is 20.0 Å². The molecule has 1 aromatic heterocycles. The van der Waals surface area contributed by atoms with Gasteiger partial charge >= 0.3 is 0 Å². The molecule has 0 aliphatic carbocycles. The molecule has 0 saturated carbocycles. The summed E-state index contributed by atoms with van der Waals surface area (Å²) in [5.41, 5.74) is 0. The zero-order valence-corrected chi connectivity index (χ0v) is 11.8. The van der Waals surface area contributed by atoms with E-state index in [0.29, 0.717) is 25.1 Å². The van der Waals surface area contributed by atoms with Gasteiger partial charge in [-0.2, -0.15) is 0 Å². The molecule has 0 radical (unpaired) electrons. The first-order chi connectivity index (χ1) is 9.24. The zero-order valence-electron chi connectivity index (χ0n) is 11.8. The molecule has 1 saturated heterocycles. The van der Waals surface area contributed by atoms with E-state index in [9.17, 15) is 0 Å². The molecular formula is C13H22N4O2. The maximum absolute atomic E-state index is 5.46. The minimum absolute atomic E-state index is 0.327. The number of hydrogen-bond donors (Lipinski definition) is 1. The summed E-state index contributed by atoms with van der Waals surface area (Å²) in [6.45, 7) is 7.54. The third-order valence-corrected chi connectivity index (χ3v) is 3.11. The van der Waals surface area contributed by atoms with Gasteiger partial charge in [0, 0.05) is 26.3 Å². The summed E-state index contributed by atoms with van der Waals surface area (Å²) >= 11 is 0. The molecule has 2 heterocycles. The number of rotatable bonds is 5. The summed E-state index contributed by atoms with van der Waals surface area (Å²) in [5, 5.41) is 3.07. The van der Waals surface area contributed by atoms with E-state index in [4.69, 9.17) is 9.47 Å². The van der Waals surface area contributed by atoms with Crippen molar-refractivity contribution >= 4 is 11.6 Å². The largest absolute Gasteiger partial charge is 0.377 e. The third-order valence-electron chi connectivity index (χ3n) is 3.11. The lowest BCUT2D eigenvalue weighted by atomic mass is 10.2.